The van der Waals surface area contributed by atoms with Crippen LogP contribution in [0.3, 0.4) is 0 Å². The summed E-state index contributed by atoms with van der Waals surface area (Å²) in [5, 5.41) is 10.4. The minimum absolute atomic E-state index is 0.0219. The number of nitrogens with zero attached hydrogens (tertiary/aromatic N) is 4. The SMILES string of the molecule is CC1=C(F)C(c2ccccc2)C=CC1(C1=NC2(CC2)C(=O)N1CC1CN(C(=O)C2(C)CC2)C1)C1(C#N)CC1. The van der Waals surface area contributed by atoms with Crippen LogP contribution in [0.1, 0.15) is 63.9 Å². The average molecular weight is 513 g/mol. The molecule has 6 nitrogen and oxygen atoms in total. The van der Waals surface area contributed by atoms with Crippen LogP contribution in [0.15, 0.2) is 58.9 Å². The summed E-state index contributed by atoms with van der Waals surface area (Å²) in [5.41, 5.74) is -1.48. The third kappa shape index (κ3) is 3.12. The Labute approximate surface area is 222 Å². The van der Waals surface area contributed by atoms with Crippen LogP contribution in [0.25, 0.3) is 0 Å². The van der Waals surface area contributed by atoms with Crippen molar-refractivity contribution in [1.82, 2.24) is 9.80 Å². The first kappa shape index (κ1) is 23.8. The van der Waals surface area contributed by atoms with Gasteiger partial charge in [0.25, 0.3) is 5.91 Å². The molecule has 1 aromatic carbocycles. The zero-order valence-electron chi connectivity index (χ0n) is 22.0. The molecule has 4 aliphatic carbocycles. The molecule has 0 bridgehead atoms. The van der Waals surface area contributed by atoms with Gasteiger partial charge in [0.05, 0.1) is 22.8 Å². The lowest BCUT2D eigenvalue weighted by Gasteiger charge is -2.46. The smallest absolute Gasteiger partial charge is 0.255 e. The van der Waals surface area contributed by atoms with Crippen LogP contribution in [-0.2, 0) is 9.59 Å². The fourth-order valence-electron chi connectivity index (χ4n) is 6.95. The van der Waals surface area contributed by atoms with E-state index in [9.17, 15) is 14.9 Å². The summed E-state index contributed by atoms with van der Waals surface area (Å²) in [6.07, 6.45) is 8.43. The van der Waals surface area contributed by atoms with Crippen LogP contribution >= 0.6 is 0 Å². The topological polar surface area (TPSA) is 76.8 Å². The van der Waals surface area contributed by atoms with Gasteiger partial charge < -0.3 is 4.90 Å². The first-order valence-electron chi connectivity index (χ1n) is 13.9. The van der Waals surface area contributed by atoms with Gasteiger partial charge in [-0.3, -0.25) is 19.5 Å². The third-order valence-electron chi connectivity index (χ3n) is 10.1. The minimum atomic E-state index is -1.07. The maximum atomic E-state index is 16.3. The van der Waals surface area contributed by atoms with Gasteiger partial charge in [-0.2, -0.15) is 5.26 Å². The Hall–Kier alpha value is -3.27. The molecule has 2 amide bonds. The zero-order chi connectivity index (χ0) is 26.5. The maximum Gasteiger partial charge on any atom is 0.255 e. The quantitative estimate of drug-likeness (QED) is 0.509. The number of amides is 2. The predicted octanol–water partition coefficient (Wildman–Crippen LogP) is 4.91. The average Bonchev–Trinajstić information content (AvgIpc) is 3.79. The van der Waals surface area contributed by atoms with Crippen LogP contribution < -0.4 is 0 Å². The Balaban J connectivity index is 1.24. The lowest BCUT2D eigenvalue weighted by atomic mass is 9.63. The number of carbonyl (C=O) groups is 2. The van der Waals surface area contributed by atoms with Gasteiger partial charge in [-0.05, 0) is 56.6 Å². The van der Waals surface area contributed by atoms with Crippen molar-refractivity contribution >= 4 is 17.6 Å². The number of hydrogen-bond acceptors (Lipinski definition) is 4. The molecule has 0 N–H and O–H groups in total. The molecule has 1 saturated heterocycles. The van der Waals surface area contributed by atoms with E-state index >= 15 is 4.39 Å². The van der Waals surface area contributed by atoms with Gasteiger partial charge in [-0.25, -0.2) is 4.39 Å². The molecule has 1 spiro atoms. The molecule has 1 aromatic rings. The first-order valence-corrected chi connectivity index (χ1v) is 13.9. The highest BCUT2D eigenvalue weighted by atomic mass is 19.1. The van der Waals surface area contributed by atoms with E-state index in [1.165, 1.54) is 0 Å². The largest absolute Gasteiger partial charge is 0.341 e. The van der Waals surface area contributed by atoms with Crippen LogP contribution in [0.5, 0.6) is 0 Å². The number of likely N-dealkylation sites (tertiary alicyclic amines) is 1. The second-order valence-electron chi connectivity index (χ2n) is 12.7. The summed E-state index contributed by atoms with van der Waals surface area (Å²) in [4.78, 5) is 35.3. The van der Waals surface area contributed by atoms with Crippen LogP contribution in [0.4, 0.5) is 4.39 Å². The Morgan fingerprint density at radius 1 is 1.13 bits per heavy atom. The van der Waals surface area contributed by atoms with Crippen molar-refractivity contribution in [3.8, 4) is 6.07 Å². The molecule has 2 unspecified atom stereocenters. The van der Waals surface area contributed by atoms with Crippen molar-refractivity contribution in [2.75, 3.05) is 19.6 Å². The first-order chi connectivity index (χ1) is 18.2. The van der Waals surface area contributed by atoms with E-state index in [4.69, 9.17) is 4.99 Å². The van der Waals surface area contributed by atoms with Gasteiger partial charge in [0, 0.05) is 31.0 Å². The number of rotatable bonds is 6. The molecular formula is C31H33FN4O2. The van der Waals surface area contributed by atoms with Gasteiger partial charge in [-0.15, -0.1) is 0 Å². The number of allylic oxidation sites excluding steroid dienone is 2. The number of hydrogen-bond donors (Lipinski definition) is 0. The molecule has 4 fully saturated rings. The molecule has 6 aliphatic rings. The molecule has 38 heavy (non-hydrogen) atoms. The predicted molar refractivity (Wildman–Crippen MR) is 140 cm³/mol. The third-order valence-corrected chi connectivity index (χ3v) is 10.1. The number of amidine groups is 1. The highest BCUT2D eigenvalue weighted by molar-refractivity contribution is 6.14. The summed E-state index contributed by atoms with van der Waals surface area (Å²) in [7, 11) is 0. The number of benzene rings is 1. The molecule has 3 saturated carbocycles. The lowest BCUT2D eigenvalue weighted by Crippen LogP contribution is -2.58. The zero-order valence-corrected chi connectivity index (χ0v) is 22.0. The molecule has 7 rings (SSSR count). The molecule has 2 atom stereocenters. The molecule has 2 heterocycles. The van der Waals surface area contributed by atoms with Gasteiger partial charge >= 0.3 is 0 Å². The van der Waals surface area contributed by atoms with Gasteiger partial charge in [0.2, 0.25) is 5.91 Å². The lowest BCUT2D eigenvalue weighted by molar-refractivity contribution is -0.143. The summed E-state index contributed by atoms with van der Waals surface area (Å²) in [6.45, 7) is 5.52. The summed E-state index contributed by atoms with van der Waals surface area (Å²) in [6, 6.07) is 12.1. The number of nitriles is 1. The standard InChI is InChI=1S/C31H33FN4O2/c1-20-24(32)23(22-6-4-3-5-7-22)8-9-31(20,29(19-33)12-13-29)25-34-30(14-15-30)27(38)36(25)18-21-16-35(17-21)26(37)28(2)10-11-28/h3-9,21,23H,10-18H2,1-2H3. The van der Waals surface area contributed by atoms with Crippen molar-refractivity contribution in [2.45, 2.75) is 63.8 Å². The van der Waals surface area contributed by atoms with E-state index in [0.717, 1.165) is 18.4 Å². The van der Waals surface area contributed by atoms with Crippen LogP contribution in [-0.4, -0.2) is 52.6 Å². The van der Waals surface area contributed by atoms with Crippen LogP contribution in [0, 0.1) is 33.5 Å². The molecular weight excluding hydrogens is 479 g/mol. The number of halogens is 1. The molecule has 7 heteroatoms. The highest BCUT2D eigenvalue weighted by Crippen LogP contribution is 2.67. The Kier molecular flexibility index (Phi) is 4.79. The van der Waals surface area contributed by atoms with Crippen molar-refractivity contribution in [3.05, 3.63) is 59.4 Å². The summed E-state index contributed by atoms with van der Waals surface area (Å²) >= 11 is 0. The minimum Gasteiger partial charge on any atom is -0.341 e. The molecule has 2 aliphatic heterocycles. The Bertz CT molecular complexity index is 1370. The second-order valence-corrected chi connectivity index (χ2v) is 12.7. The summed E-state index contributed by atoms with van der Waals surface area (Å²) < 4.78 is 16.3. The van der Waals surface area contributed by atoms with E-state index in [-0.39, 0.29) is 29.0 Å². The van der Waals surface area contributed by atoms with E-state index in [0.29, 0.717) is 56.7 Å². The fourth-order valence-corrected chi connectivity index (χ4v) is 6.95. The summed E-state index contributed by atoms with van der Waals surface area (Å²) in [5.74, 6) is 0.118. The Morgan fingerprint density at radius 3 is 2.39 bits per heavy atom. The number of carbonyl (C=O) groups excluding carboxylic acids is 2. The maximum absolute atomic E-state index is 16.3. The fraction of sp³-hybridized carbons (Fsp3) is 0.548. The van der Waals surface area contributed by atoms with E-state index in [2.05, 4.69) is 6.07 Å². The van der Waals surface area contributed by atoms with E-state index in [1.54, 1.807) is 11.8 Å². The van der Waals surface area contributed by atoms with Crippen molar-refractivity contribution < 1.29 is 14.0 Å². The molecule has 0 aromatic heterocycles. The molecule has 0 radical (unpaired) electrons. The Morgan fingerprint density at radius 2 is 1.82 bits per heavy atom. The van der Waals surface area contributed by atoms with Crippen molar-refractivity contribution in [3.63, 3.8) is 0 Å². The second kappa shape index (κ2) is 7.65. The van der Waals surface area contributed by atoms with Crippen molar-refractivity contribution in [1.29, 1.82) is 5.26 Å². The molecule has 196 valence electrons. The van der Waals surface area contributed by atoms with Gasteiger partial charge in [0.15, 0.2) is 0 Å². The van der Waals surface area contributed by atoms with Gasteiger partial charge in [0.1, 0.15) is 17.2 Å². The highest BCUT2D eigenvalue weighted by Gasteiger charge is 2.69. The normalized spacial score (nSPS) is 31.7. The van der Waals surface area contributed by atoms with E-state index < -0.39 is 22.3 Å². The van der Waals surface area contributed by atoms with E-state index in [1.807, 2.05) is 54.3 Å². The number of aliphatic imine (C=N–C) groups is 1. The van der Waals surface area contributed by atoms with Crippen LogP contribution in [0.2, 0.25) is 0 Å². The monoisotopic (exact) mass is 512 g/mol. The van der Waals surface area contributed by atoms with Crippen molar-refractivity contribution in [2.24, 2.45) is 27.2 Å². The van der Waals surface area contributed by atoms with Gasteiger partial charge in [-0.1, -0.05) is 49.4 Å².